The summed E-state index contributed by atoms with van der Waals surface area (Å²) < 4.78 is 9.85. The molecule has 0 bridgehead atoms. The standard InChI is InChI=1S/C14H16BrNO5/c1-20-12(17)6-7-16(9-13(18)21-2)14(19)10-4-3-5-11(15)8-10/h3-5,8H,6-7,9H2,1-2H3. The number of halogens is 1. The first-order valence-electron chi connectivity index (χ1n) is 6.16. The third-order valence-corrected chi connectivity index (χ3v) is 3.21. The van der Waals surface area contributed by atoms with Crippen LogP contribution in [0.5, 0.6) is 0 Å². The molecule has 0 aliphatic heterocycles. The lowest BCUT2D eigenvalue weighted by atomic mass is 10.2. The number of methoxy groups -OCH3 is 2. The fourth-order valence-electron chi connectivity index (χ4n) is 1.61. The SMILES string of the molecule is COC(=O)CCN(CC(=O)OC)C(=O)c1cccc(Br)c1. The summed E-state index contributed by atoms with van der Waals surface area (Å²) in [6.07, 6.45) is 0.00718. The van der Waals surface area contributed by atoms with Gasteiger partial charge >= 0.3 is 11.9 Å². The maximum Gasteiger partial charge on any atom is 0.325 e. The Balaban J connectivity index is 2.85. The highest BCUT2D eigenvalue weighted by molar-refractivity contribution is 9.10. The van der Waals surface area contributed by atoms with Gasteiger partial charge in [-0.2, -0.15) is 0 Å². The van der Waals surface area contributed by atoms with Gasteiger partial charge in [0.1, 0.15) is 6.54 Å². The molecule has 0 saturated heterocycles. The summed E-state index contributed by atoms with van der Waals surface area (Å²) in [7, 11) is 2.51. The van der Waals surface area contributed by atoms with Crippen LogP contribution in [0.15, 0.2) is 28.7 Å². The highest BCUT2D eigenvalue weighted by Crippen LogP contribution is 2.14. The van der Waals surface area contributed by atoms with Crippen molar-refractivity contribution >= 4 is 33.8 Å². The van der Waals surface area contributed by atoms with Crippen LogP contribution in [0.1, 0.15) is 16.8 Å². The summed E-state index contributed by atoms with van der Waals surface area (Å²) in [4.78, 5) is 36.2. The molecule has 0 spiro atoms. The molecule has 21 heavy (non-hydrogen) atoms. The van der Waals surface area contributed by atoms with Gasteiger partial charge < -0.3 is 14.4 Å². The number of ether oxygens (including phenoxy) is 2. The number of esters is 2. The Labute approximate surface area is 131 Å². The van der Waals surface area contributed by atoms with E-state index in [-0.39, 0.29) is 25.4 Å². The van der Waals surface area contributed by atoms with E-state index in [1.165, 1.54) is 19.1 Å². The quantitative estimate of drug-likeness (QED) is 0.723. The minimum absolute atomic E-state index is 0.00718. The van der Waals surface area contributed by atoms with E-state index in [9.17, 15) is 14.4 Å². The number of rotatable bonds is 6. The summed E-state index contributed by atoms with van der Waals surface area (Å²) in [6.45, 7) is -0.147. The summed E-state index contributed by atoms with van der Waals surface area (Å²) in [5.74, 6) is -1.36. The molecule has 0 aliphatic rings. The van der Waals surface area contributed by atoms with E-state index in [1.807, 2.05) is 0 Å². The topological polar surface area (TPSA) is 72.9 Å². The minimum Gasteiger partial charge on any atom is -0.469 e. The zero-order valence-corrected chi connectivity index (χ0v) is 13.4. The molecule has 7 heteroatoms. The first-order valence-corrected chi connectivity index (χ1v) is 6.95. The van der Waals surface area contributed by atoms with E-state index < -0.39 is 11.9 Å². The van der Waals surface area contributed by atoms with Gasteiger partial charge in [-0.05, 0) is 18.2 Å². The molecular weight excluding hydrogens is 342 g/mol. The van der Waals surface area contributed by atoms with Crippen molar-refractivity contribution in [3.63, 3.8) is 0 Å². The molecule has 114 valence electrons. The van der Waals surface area contributed by atoms with Gasteiger partial charge in [-0.15, -0.1) is 0 Å². The normalized spacial score (nSPS) is 9.86. The summed E-state index contributed by atoms with van der Waals surface area (Å²) >= 11 is 3.28. The van der Waals surface area contributed by atoms with Crippen molar-refractivity contribution in [3.8, 4) is 0 Å². The van der Waals surface area contributed by atoms with Crippen LogP contribution < -0.4 is 0 Å². The van der Waals surface area contributed by atoms with Crippen LogP contribution in [0.3, 0.4) is 0 Å². The Kier molecular flexibility index (Phi) is 6.87. The smallest absolute Gasteiger partial charge is 0.325 e. The Morgan fingerprint density at radius 1 is 1.14 bits per heavy atom. The van der Waals surface area contributed by atoms with Crippen molar-refractivity contribution in [3.05, 3.63) is 34.3 Å². The molecule has 0 N–H and O–H groups in total. The Morgan fingerprint density at radius 2 is 1.81 bits per heavy atom. The van der Waals surface area contributed by atoms with Crippen LogP contribution in [0, 0.1) is 0 Å². The summed E-state index contributed by atoms with van der Waals surface area (Å²) in [5, 5.41) is 0. The van der Waals surface area contributed by atoms with E-state index in [1.54, 1.807) is 24.3 Å². The number of carbonyl (C=O) groups is 3. The minimum atomic E-state index is -0.553. The zero-order chi connectivity index (χ0) is 15.8. The second-order valence-electron chi connectivity index (χ2n) is 4.14. The van der Waals surface area contributed by atoms with E-state index in [2.05, 4.69) is 25.4 Å². The maximum atomic E-state index is 12.4. The van der Waals surface area contributed by atoms with Crippen LogP contribution in [0.25, 0.3) is 0 Å². The van der Waals surface area contributed by atoms with Crippen LogP contribution in [-0.4, -0.2) is 50.1 Å². The molecule has 1 rings (SSSR count). The van der Waals surface area contributed by atoms with E-state index in [0.717, 1.165) is 4.47 Å². The lowest BCUT2D eigenvalue weighted by Crippen LogP contribution is -2.37. The van der Waals surface area contributed by atoms with Crippen LogP contribution in [-0.2, 0) is 19.1 Å². The molecule has 0 unspecified atom stereocenters. The Morgan fingerprint density at radius 3 is 2.38 bits per heavy atom. The Hall–Kier alpha value is -1.89. The first-order chi connectivity index (χ1) is 9.97. The van der Waals surface area contributed by atoms with Crippen molar-refractivity contribution in [2.75, 3.05) is 27.3 Å². The number of hydrogen-bond donors (Lipinski definition) is 0. The summed E-state index contributed by atoms with van der Waals surface area (Å²) in [6, 6.07) is 6.78. The summed E-state index contributed by atoms with van der Waals surface area (Å²) in [5.41, 5.74) is 0.415. The lowest BCUT2D eigenvalue weighted by molar-refractivity contribution is -0.143. The average molecular weight is 358 g/mol. The van der Waals surface area contributed by atoms with Gasteiger partial charge in [-0.3, -0.25) is 14.4 Å². The molecular formula is C14H16BrNO5. The molecule has 0 heterocycles. The van der Waals surface area contributed by atoms with Gasteiger partial charge in [0.15, 0.2) is 0 Å². The first kappa shape index (κ1) is 17.2. The highest BCUT2D eigenvalue weighted by atomic mass is 79.9. The predicted molar refractivity (Wildman–Crippen MR) is 78.7 cm³/mol. The fraction of sp³-hybridized carbons (Fsp3) is 0.357. The number of benzene rings is 1. The van der Waals surface area contributed by atoms with Crippen LogP contribution >= 0.6 is 15.9 Å². The average Bonchev–Trinajstić information content (AvgIpc) is 2.49. The molecule has 0 aliphatic carbocycles. The van der Waals surface area contributed by atoms with E-state index in [4.69, 9.17) is 0 Å². The number of nitrogens with zero attached hydrogens (tertiary/aromatic N) is 1. The van der Waals surface area contributed by atoms with Crippen molar-refractivity contribution in [1.29, 1.82) is 0 Å². The number of amides is 1. The Bertz CT molecular complexity index is 532. The van der Waals surface area contributed by atoms with Gasteiger partial charge in [-0.1, -0.05) is 22.0 Å². The van der Waals surface area contributed by atoms with Crippen LogP contribution in [0.4, 0.5) is 0 Å². The van der Waals surface area contributed by atoms with E-state index in [0.29, 0.717) is 5.56 Å². The highest BCUT2D eigenvalue weighted by Gasteiger charge is 2.20. The molecule has 0 saturated carbocycles. The van der Waals surface area contributed by atoms with Crippen molar-refractivity contribution in [2.24, 2.45) is 0 Å². The lowest BCUT2D eigenvalue weighted by Gasteiger charge is -2.21. The molecule has 0 radical (unpaired) electrons. The predicted octanol–water partition coefficient (Wildman–Crippen LogP) is 1.63. The molecule has 1 aromatic carbocycles. The largest absolute Gasteiger partial charge is 0.469 e. The number of carbonyl (C=O) groups excluding carboxylic acids is 3. The van der Waals surface area contributed by atoms with Crippen molar-refractivity contribution < 1.29 is 23.9 Å². The van der Waals surface area contributed by atoms with Gasteiger partial charge in [0.25, 0.3) is 5.91 Å². The molecule has 0 fully saturated rings. The fourth-order valence-corrected chi connectivity index (χ4v) is 2.00. The van der Waals surface area contributed by atoms with Gasteiger partial charge in [0, 0.05) is 16.6 Å². The maximum absolute atomic E-state index is 12.4. The zero-order valence-electron chi connectivity index (χ0n) is 11.8. The molecule has 0 atom stereocenters. The van der Waals surface area contributed by atoms with Gasteiger partial charge in [0.05, 0.1) is 20.6 Å². The second-order valence-corrected chi connectivity index (χ2v) is 5.05. The van der Waals surface area contributed by atoms with Crippen molar-refractivity contribution in [1.82, 2.24) is 4.90 Å². The third-order valence-electron chi connectivity index (χ3n) is 2.72. The van der Waals surface area contributed by atoms with Crippen molar-refractivity contribution in [2.45, 2.75) is 6.42 Å². The molecule has 1 amide bonds. The molecule has 1 aromatic rings. The van der Waals surface area contributed by atoms with Gasteiger partial charge in [-0.25, -0.2) is 0 Å². The third kappa shape index (κ3) is 5.55. The monoisotopic (exact) mass is 357 g/mol. The second kappa shape index (κ2) is 8.41. The van der Waals surface area contributed by atoms with Crippen LogP contribution in [0.2, 0.25) is 0 Å². The van der Waals surface area contributed by atoms with E-state index >= 15 is 0 Å². The molecule has 0 aromatic heterocycles. The number of hydrogen-bond acceptors (Lipinski definition) is 5. The van der Waals surface area contributed by atoms with Gasteiger partial charge in [0.2, 0.25) is 0 Å². The molecule has 6 nitrogen and oxygen atoms in total.